The number of rotatable bonds is 19. The summed E-state index contributed by atoms with van der Waals surface area (Å²) in [6.45, 7) is 8.69. The first-order chi connectivity index (χ1) is 13.5. The Balaban J connectivity index is 3.29. The van der Waals surface area contributed by atoms with Crippen molar-refractivity contribution in [3.05, 3.63) is 11.6 Å². The second-order valence-electron chi connectivity index (χ2n) is 9.24. The molecule has 0 fully saturated rings. The number of carbonyl (C=O) groups is 1. The van der Waals surface area contributed by atoms with E-state index in [1.165, 1.54) is 110 Å². The highest BCUT2D eigenvalue weighted by Crippen LogP contribution is 2.17. The lowest BCUT2D eigenvalue weighted by atomic mass is 9.99. The van der Waals surface area contributed by atoms with Gasteiger partial charge in [0.25, 0.3) is 0 Å². The van der Waals surface area contributed by atoms with Crippen molar-refractivity contribution in [1.29, 1.82) is 0 Å². The van der Waals surface area contributed by atoms with Crippen LogP contribution in [-0.4, -0.2) is 13.1 Å². The summed E-state index contributed by atoms with van der Waals surface area (Å²) in [5, 5.41) is 0. The van der Waals surface area contributed by atoms with Crippen molar-refractivity contribution >= 4 is 5.97 Å². The molecule has 0 spiro atoms. The highest BCUT2D eigenvalue weighted by Gasteiger charge is 2.06. The predicted octanol–water partition coefficient (Wildman–Crippen LogP) is 8.64. The van der Waals surface area contributed by atoms with Crippen LogP contribution in [0.1, 0.15) is 130 Å². The molecule has 0 radical (unpaired) electrons. The van der Waals surface area contributed by atoms with E-state index in [4.69, 9.17) is 4.74 Å². The van der Waals surface area contributed by atoms with E-state index < -0.39 is 0 Å². The summed E-state index contributed by atoms with van der Waals surface area (Å²) in [6, 6.07) is 0. The molecule has 2 heteroatoms. The minimum absolute atomic E-state index is 0.200. The third-order valence-corrected chi connectivity index (χ3v) is 5.73. The molecule has 0 saturated heterocycles. The quantitative estimate of drug-likeness (QED) is 0.124. The molecule has 0 heterocycles. The highest BCUT2D eigenvalue weighted by molar-refractivity contribution is 5.87. The monoisotopic (exact) mass is 394 g/mol. The second kappa shape index (κ2) is 19.5. The topological polar surface area (TPSA) is 26.3 Å². The predicted molar refractivity (Wildman–Crippen MR) is 124 cm³/mol. The molecule has 1 atom stereocenters. The summed E-state index contributed by atoms with van der Waals surface area (Å²) < 4.78 is 4.74. The zero-order valence-corrected chi connectivity index (χ0v) is 19.9. The van der Waals surface area contributed by atoms with Gasteiger partial charge in [0.05, 0.1) is 7.11 Å². The van der Waals surface area contributed by atoms with Crippen LogP contribution in [0.2, 0.25) is 0 Å². The summed E-state index contributed by atoms with van der Waals surface area (Å²) in [5.41, 5.74) is 0.737. The number of ether oxygens (including phenoxy) is 1. The highest BCUT2D eigenvalue weighted by atomic mass is 16.5. The number of methoxy groups -OCH3 is 1. The first-order valence-corrected chi connectivity index (χ1v) is 12.2. The first kappa shape index (κ1) is 27.2. The molecule has 0 amide bonds. The summed E-state index contributed by atoms with van der Waals surface area (Å²) in [7, 11) is 1.44. The normalized spacial score (nSPS) is 13.1. The van der Waals surface area contributed by atoms with E-state index in [9.17, 15) is 4.79 Å². The summed E-state index contributed by atoms with van der Waals surface area (Å²) >= 11 is 0. The zero-order chi connectivity index (χ0) is 21.0. The van der Waals surface area contributed by atoms with Gasteiger partial charge in [0.15, 0.2) is 0 Å². The molecule has 0 aliphatic heterocycles. The third kappa shape index (κ3) is 18.6. The van der Waals surface area contributed by atoms with Crippen molar-refractivity contribution < 1.29 is 9.53 Å². The van der Waals surface area contributed by atoms with Gasteiger partial charge in [-0.05, 0) is 25.2 Å². The maximum absolute atomic E-state index is 11.4. The van der Waals surface area contributed by atoms with Gasteiger partial charge < -0.3 is 4.74 Å². The van der Waals surface area contributed by atoms with Crippen LogP contribution >= 0.6 is 0 Å². The van der Waals surface area contributed by atoms with Crippen LogP contribution < -0.4 is 0 Å². The summed E-state index contributed by atoms with van der Waals surface area (Å²) in [5.74, 6) is 1.14. The average Bonchev–Trinajstić information content (AvgIpc) is 2.66. The van der Waals surface area contributed by atoms with Gasteiger partial charge in [-0.3, -0.25) is 0 Å². The number of allylic oxidation sites excluding steroid dienone is 1. The molecule has 166 valence electrons. The van der Waals surface area contributed by atoms with Crippen molar-refractivity contribution in [3.63, 3.8) is 0 Å². The van der Waals surface area contributed by atoms with Gasteiger partial charge in [-0.2, -0.15) is 0 Å². The first-order valence-electron chi connectivity index (χ1n) is 12.2. The van der Waals surface area contributed by atoms with Crippen molar-refractivity contribution in [3.8, 4) is 0 Å². The molecule has 1 unspecified atom stereocenters. The zero-order valence-electron chi connectivity index (χ0n) is 19.9. The standard InChI is InChI=1S/C26H50O2/c1-23(2)20-18-16-14-12-10-8-6-7-9-11-13-15-17-19-21-24(3)22-25(4)26(27)28-5/h22-24H,6-21H2,1-5H3/b25-22-. The maximum atomic E-state index is 11.4. The van der Waals surface area contributed by atoms with E-state index >= 15 is 0 Å². The molecule has 0 bridgehead atoms. The minimum atomic E-state index is -0.200. The van der Waals surface area contributed by atoms with E-state index in [2.05, 4.69) is 26.8 Å². The summed E-state index contributed by atoms with van der Waals surface area (Å²) in [6.07, 6.45) is 24.3. The molecule has 0 aromatic rings. The Morgan fingerprint density at radius 2 is 1.04 bits per heavy atom. The Kier molecular flexibility index (Phi) is 19.0. The molecular weight excluding hydrogens is 344 g/mol. The molecule has 2 nitrogen and oxygen atoms in total. The lowest BCUT2D eigenvalue weighted by Crippen LogP contribution is -2.03. The van der Waals surface area contributed by atoms with Gasteiger partial charge in [-0.15, -0.1) is 0 Å². The van der Waals surface area contributed by atoms with Crippen LogP contribution in [0.4, 0.5) is 0 Å². The molecule has 28 heavy (non-hydrogen) atoms. The van der Waals surface area contributed by atoms with Crippen molar-refractivity contribution in [1.82, 2.24) is 0 Å². The molecule has 0 aliphatic rings. The minimum Gasteiger partial charge on any atom is -0.466 e. The number of esters is 1. The molecule has 0 aromatic carbocycles. The van der Waals surface area contributed by atoms with Gasteiger partial charge in [-0.1, -0.05) is 123 Å². The van der Waals surface area contributed by atoms with Gasteiger partial charge in [0.1, 0.15) is 0 Å². The van der Waals surface area contributed by atoms with Gasteiger partial charge >= 0.3 is 5.97 Å². The Labute approximate surface area is 176 Å². The molecule has 0 rings (SSSR count). The fourth-order valence-electron chi connectivity index (χ4n) is 3.88. The van der Waals surface area contributed by atoms with Gasteiger partial charge in [-0.25, -0.2) is 4.79 Å². The number of hydrogen-bond donors (Lipinski definition) is 0. The van der Waals surface area contributed by atoms with Crippen LogP contribution in [0.15, 0.2) is 11.6 Å². The third-order valence-electron chi connectivity index (χ3n) is 5.73. The van der Waals surface area contributed by atoms with E-state index in [0.29, 0.717) is 5.92 Å². The SMILES string of the molecule is COC(=O)/C(C)=C\C(C)CCCCCCCCCCCCCCCCC(C)C. The van der Waals surface area contributed by atoms with Crippen LogP contribution in [-0.2, 0) is 9.53 Å². The maximum Gasteiger partial charge on any atom is 0.333 e. The fourth-order valence-corrected chi connectivity index (χ4v) is 3.88. The lowest BCUT2D eigenvalue weighted by molar-refractivity contribution is -0.136. The Morgan fingerprint density at radius 3 is 1.39 bits per heavy atom. The Hall–Kier alpha value is -0.790. The average molecular weight is 395 g/mol. The Bertz CT molecular complexity index is 384. The van der Waals surface area contributed by atoms with E-state index in [-0.39, 0.29) is 5.97 Å². The van der Waals surface area contributed by atoms with E-state index in [1.807, 2.05) is 6.92 Å². The smallest absolute Gasteiger partial charge is 0.333 e. The second-order valence-corrected chi connectivity index (χ2v) is 9.24. The van der Waals surface area contributed by atoms with E-state index in [1.54, 1.807) is 0 Å². The molecule has 0 aromatic heterocycles. The number of hydrogen-bond acceptors (Lipinski definition) is 2. The van der Waals surface area contributed by atoms with Crippen molar-refractivity contribution in [2.24, 2.45) is 11.8 Å². The summed E-state index contributed by atoms with van der Waals surface area (Å²) in [4.78, 5) is 11.4. The molecule has 0 aliphatic carbocycles. The van der Waals surface area contributed by atoms with Crippen LogP contribution in [0.25, 0.3) is 0 Å². The Morgan fingerprint density at radius 1 is 0.679 bits per heavy atom. The number of carbonyl (C=O) groups excluding carboxylic acids is 1. The number of unbranched alkanes of at least 4 members (excludes halogenated alkanes) is 13. The molecular formula is C26H50O2. The largest absolute Gasteiger partial charge is 0.466 e. The van der Waals surface area contributed by atoms with Crippen LogP contribution in [0.5, 0.6) is 0 Å². The van der Waals surface area contributed by atoms with E-state index in [0.717, 1.165) is 11.5 Å². The fraction of sp³-hybridized carbons (Fsp3) is 0.885. The van der Waals surface area contributed by atoms with Crippen LogP contribution in [0.3, 0.4) is 0 Å². The van der Waals surface area contributed by atoms with Gasteiger partial charge in [0.2, 0.25) is 0 Å². The molecule has 0 N–H and O–H groups in total. The molecule has 0 saturated carbocycles. The van der Waals surface area contributed by atoms with Crippen molar-refractivity contribution in [2.75, 3.05) is 7.11 Å². The lowest BCUT2D eigenvalue weighted by Gasteiger charge is -2.08. The van der Waals surface area contributed by atoms with Gasteiger partial charge in [0, 0.05) is 5.57 Å². The van der Waals surface area contributed by atoms with Crippen molar-refractivity contribution in [2.45, 2.75) is 130 Å². The van der Waals surface area contributed by atoms with Crippen LogP contribution in [0, 0.1) is 11.8 Å².